The van der Waals surface area contributed by atoms with Crippen molar-refractivity contribution in [1.82, 2.24) is 4.98 Å². The molecule has 0 spiro atoms. The molecule has 1 aromatic heterocycles. The van der Waals surface area contributed by atoms with Crippen molar-refractivity contribution in [3.8, 4) is 27.4 Å². The first-order chi connectivity index (χ1) is 22.9. The number of hydrogen-bond donors (Lipinski definition) is 1. The fourth-order valence-corrected chi connectivity index (χ4v) is 7.36. The zero-order chi connectivity index (χ0) is 35.5. The number of aromatic nitrogens is 1. The average Bonchev–Trinajstić information content (AvgIpc) is 3.46. The third-order valence-corrected chi connectivity index (χ3v) is 10.6. The van der Waals surface area contributed by atoms with Gasteiger partial charge in [0.1, 0.15) is 10.8 Å². The summed E-state index contributed by atoms with van der Waals surface area (Å²) < 4.78 is 1.17. The molecule has 0 aliphatic heterocycles. The van der Waals surface area contributed by atoms with E-state index < -0.39 is 0 Å². The first-order valence-corrected chi connectivity index (χ1v) is 18.2. The summed E-state index contributed by atoms with van der Waals surface area (Å²) in [6.45, 7) is 24.3. The molecule has 0 atom stereocenters. The van der Waals surface area contributed by atoms with Crippen LogP contribution in [0.1, 0.15) is 110 Å². The second-order valence-electron chi connectivity index (χ2n) is 16.8. The van der Waals surface area contributed by atoms with E-state index >= 15 is 0 Å². The predicted molar refractivity (Wildman–Crippen MR) is 214 cm³/mol. The van der Waals surface area contributed by atoms with Crippen molar-refractivity contribution < 1.29 is 5.11 Å². The second-order valence-corrected chi connectivity index (χ2v) is 17.8. The summed E-state index contributed by atoms with van der Waals surface area (Å²) in [5.74, 6) is 0.763. The molecule has 5 aromatic carbocycles. The number of hydrogen-bond acceptors (Lipinski definition) is 4. The number of aliphatic imine (C=N–C) groups is 1. The smallest absolute Gasteiger partial charge is 0.128 e. The van der Waals surface area contributed by atoms with E-state index in [4.69, 9.17) is 9.98 Å². The van der Waals surface area contributed by atoms with Crippen molar-refractivity contribution in [2.45, 2.75) is 98.3 Å². The first kappa shape index (κ1) is 34.6. The maximum absolute atomic E-state index is 11.6. The lowest BCUT2D eigenvalue weighted by Gasteiger charge is -2.27. The zero-order valence-corrected chi connectivity index (χ0v) is 31.8. The van der Waals surface area contributed by atoms with Crippen molar-refractivity contribution in [3.05, 3.63) is 113 Å². The van der Waals surface area contributed by atoms with Crippen LogP contribution in [-0.2, 0) is 16.2 Å². The van der Waals surface area contributed by atoms with Crippen LogP contribution < -0.4 is 0 Å². The number of benzene rings is 5. The van der Waals surface area contributed by atoms with E-state index in [0.29, 0.717) is 5.92 Å². The Balaban J connectivity index is 1.57. The predicted octanol–water partition coefficient (Wildman–Crippen LogP) is 13.3. The molecule has 49 heavy (non-hydrogen) atoms. The number of thiazole rings is 1. The molecule has 0 radical (unpaired) electrons. The summed E-state index contributed by atoms with van der Waals surface area (Å²) in [7, 11) is 0. The molecule has 0 aliphatic carbocycles. The van der Waals surface area contributed by atoms with Crippen LogP contribution in [-0.4, -0.2) is 16.3 Å². The number of rotatable bonds is 5. The summed E-state index contributed by atoms with van der Waals surface area (Å²) in [6, 6.07) is 30.5. The highest BCUT2D eigenvalue weighted by molar-refractivity contribution is 7.21. The third-order valence-electron chi connectivity index (χ3n) is 9.53. The maximum Gasteiger partial charge on any atom is 0.128 e. The molecular weight excluding hydrogens is 617 g/mol. The Morgan fingerprint density at radius 3 is 2.00 bits per heavy atom. The van der Waals surface area contributed by atoms with E-state index in [0.717, 1.165) is 49.2 Å². The molecule has 0 aliphatic rings. The lowest BCUT2D eigenvalue weighted by Crippen LogP contribution is -2.17. The number of phenols is 1. The highest BCUT2D eigenvalue weighted by Gasteiger charge is 2.25. The lowest BCUT2D eigenvalue weighted by molar-refractivity contribution is 0.444. The van der Waals surface area contributed by atoms with Crippen molar-refractivity contribution in [3.63, 3.8) is 0 Å². The van der Waals surface area contributed by atoms with E-state index in [1.54, 1.807) is 11.3 Å². The Kier molecular flexibility index (Phi) is 8.86. The molecule has 0 fully saturated rings. The second kappa shape index (κ2) is 12.6. The molecule has 6 aromatic rings. The maximum atomic E-state index is 11.6. The van der Waals surface area contributed by atoms with Crippen LogP contribution in [0.2, 0.25) is 0 Å². The van der Waals surface area contributed by atoms with E-state index in [1.807, 2.05) is 6.21 Å². The summed E-state index contributed by atoms with van der Waals surface area (Å²) in [5, 5.41) is 14.7. The topological polar surface area (TPSA) is 45.5 Å². The van der Waals surface area contributed by atoms with Crippen LogP contribution in [0.5, 0.6) is 5.75 Å². The van der Waals surface area contributed by atoms with Gasteiger partial charge >= 0.3 is 0 Å². The molecule has 0 saturated carbocycles. The van der Waals surface area contributed by atoms with Gasteiger partial charge in [-0.05, 0) is 74.1 Å². The van der Waals surface area contributed by atoms with Crippen LogP contribution in [0.4, 0.5) is 5.69 Å². The molecule has 0 bridgehead atoms. The highest BCUT2D eigenvalue weighted by Crippen LogP contribution is 2.44. The van der Waals surface area contributed by atoms with Crippen molar-refractivity contribution in [2.24, 2.45) is 4.99 Å². The van der Waals surface area contributed by atoms with Crippen LogP contribution in [0, 0.1) is 0 Å². The molecule has 1 N–H and O–H groups in total. The van der Waals surface area contributed by atoms with Gasteiger partial charge < -0.3 is 5.11 Å². The Morgan fingerprint density at radius 2 is 1.37 bits per heavy atom. The molecule has 252 valence electrons. The van der Waals surface area contributed by atoms with Gasteiger partial charge in [-0.1, -0.05) is 137 Å². The van der Waals surface area contributed by atoms with E-state index in [2.05, 4.69) is 161 Å². The highest BCUT2D eigenvalue weighted by atomic mass is 32.1. The molecule has 3 nitrogen and oxygen atoms in total. The number of phenolic OH excluding ortho intramolecular Hbond substituents is 1. The molecule has 0 saturated heterocycles. The van der Waals surface area contributed by atoms with E-state index in [1.165, 1.54) is 27.0 Å². The van der Waals surface area contributed by atoms with E-state index in [-0.39, 0.29) is 22.0 Å². The van der Waals surface area contributed by atoms with Crippen molar-refractivity contribution in [2.75, 3.05) is 0 Å². The van der Waals surface area contributed by atoms with Crippen LogP contribution >= 0.6 is 11.3 Å². The lowest BCUT2D eigenvalue weighted by atomic mass is 9.79. The quantitative estimate of drug-likeness (QED) is 0.186. The summed E-state index contributed by atoms with van der Waals surface area (Å²) in [6.07, 6.45) is 1.85. The fourth-order valence-electron chi connectivity index (χ4n) is 6.31. The molecular formula is C45H50N2OS. The Bertz CT molecular complexity index is 2200. The van der Waals surface area contributed by atoms with Gasteiger partial charge in [0.25, 0.3) is 0 Å². The summed E-state index contributed by atoms with van der Waals surface area (Å²) >= 11 is 1.72. The minimum atomic E-state index is -0.224. The van der Waals surface area contributed by atoms with Crippen LogP contribution in [0.3, 0.4) is 0 Å². The molecule has 1 heterocycles. The summed E-state index contributed by atoms with van der Waals surface area (Å²) in [4.78, 5) is 10.6. The van der Waals surface area contributed by atoms with Crippen molar-refractivity contribution in [1.29, 1.82) is 0 Å². The van der Waals surface area contributed by atoms with Crippen molar-refractivity contribution >= 4 is 44.2 Å². The zero-order valence-electron chi connectivity index (χ0n) is 31.0. The SMILES string of the molecule is CC(C)c1ccc(-c2cc(C(C)(C)C)cc3sc(-c4ccc5ccccc5c4N=Cc4cc(C(C)(C)C)cc(C(C)(C)C)c4O)nc23)cc1. The number of aromatic hydroxyl groups is 1. The first-order valence-electron chi connectivity index (χ1n) is 17.4. The van der Waals surface area contributed by atoms with Gasteiger partial charge in [-0.15, -0.1) is 11.3 Å². The molecule has 0 unspecified atom stereocenters. The van der Waals surface area contributed by atoms with Gasteiger partial charge in [0, 0.05) is 33.9 Å². The largest absolute Gasteiger partial charge is 0.507 e. The van der Waals surface area contributed by atoms with Crippen LogP contribution in [0.15, 0.2) is 89.9 Å². The normalized spacial score (nSPS) is 13.0. The Morgan fingerprint density at radius 1 is 0.714 bits per heavy atom. The van der Waals surface area contributed by atoms with Gasteiger partial charge in [-0.2, -0.15) is 0 Å². The summed E-state index contributed by atoms with van der Waals surface area (Å²) in [5.41, 5.74) is 10.3. The molecule has 6 rings (SSSR count). The van der Waals surface area contributed by atoms with Gasteiger partial charge in [0.05, 0.1) is 15.9 Å². The average molecular weight is 667 g/mol. The Labute approximate surface area is 296 Å². The third kappa shape index (κ3) is 6.94. The molecule has 4 heteroatoms. The number of nitrogens with zero attached hydrogens (tertiary/aromatic N) is 2. The number of fused-ring (bicyclic) bond motifs is 2. The minimum Gasteiger partial charge on any atom is -0.507 e. The van der Waals surface area contributed by atoms with Crippen LogP contribution in [0.25, 0.3) is 42.7 Å². The monoisotopic (exact) mass is 666 g/mol. The minimum absolute atomic E-state index is 0.0150. The Hall–Kier alpha value is -4.28. The van der Waals surface area contributed by atoms with E-state index in [9.17, 15) is 5.11 Å². The standard InChI is InChI=1S/C45H50N2OS/c1-27(2)28-16-18-30(19-17-28)36-23-33(44(6,7)8)25-38-40(36)47-42(49-38)35-21-20-29-14-12-13-15-34(29)39(35)46-26-31-22-32(43(3,4)5)24-37(41(31)48)45(9,10)11/h12-27,48H,1-11H3. The van der Waals surface area contributed by atoms with Gasteiger partial charge in [0.2, 0.25) is 0 Å². The van der Waals surface area contributed by atoms with Gasteiger partial charge in [-0.25, -0.2) is 4.98 Å². The fraction of sp³-hybridized carbons (Fsp3) is 0.333. The molecule has 0 amide bonds. The van der Waals surface area contributed by atoms with Gasteiger partial charge in [-0.3, -0.25) is 4.99 Å². The van der Waals surface area contributed by atoms with Gasteiger partial charge in [0.15, 0.2) is 0 Å².